The number of carbonyl (C=O) groups excluding carboxylic acids is 1. The number of unbranched alkanes of at least 4 members (excludes halogenated alkanes) is 4. The molecule has 1 fully saturated rings. The molecule has 2 aromatic carbocycles. The molecule has 0 unspecified atom stereocenters. The normalized spacial score (nSPS) is 17.0. The van der Waals surface area contributed by atoms with Crippen molar-refractivity contribution in [1.29, 1.82) is 0 Å². The van der Waals surface area contributed by atoms with Crippen LogP contribution in [0.15, 0.2) is 41.3 Å². The largest absolute Gasteiger partial charge is 0.444 e. The number of ether oxygens (including phenoxy) is 1. The third-order valence-corrected chi connectivity index (χ3v) is 9.38. The summed E-state index contributed by atoms with van der Waals surface area (Å²) in [6.07, 6.45) is 1.38. The second kappa shape index (κ2) is 12.1. The lowest BCUT2D eigenvalue weighted by Gasteiger charge is -2.40. The smallest absolute Gasteiger partial charge is 0.416 e. The van der Waals surface area contributed by atoms with Gasteiger partial charge in [0.25, 0.3) is 5.69 Å². The van der Waals surface area contributed by atoms with Crippen molar-refractivity contribution in [2.45, 2.75) is 82.0 Å². The van der Waals surface area contributed by atoms with E-state index in [1.54, 1.807) is 4.90 Å². The van der Waals surface area contributed by atoms with Gasteiger partial charge in [0.1, 0.15) is 6.61 Å². The number of nitrogens with zero attached hydrogens (tertiary/aromatic N) is 3. The van der Waals surface area contributed by atoms with Crippen molar-refractivity contribution in [2.75, 3.05) is 18.0 Å². The molecule has 2 aromatic rings. The minimum Gasteiger partial charge on any atom is -0.444 e. The Kier molecular flexibility index (Phi) is 9.03. The zero-order chi connectivity index (χ0) is 29.1. The number of halogens is 3. The maximum atomic E-state index is 13.3. The van der Waals surface area contributed by atoms with Gasteiger partial charge < -0.3 is 4.74 Å². The van der Waals surface area contributed by atoms with Gasteiger partial charge in [-0.2, -0.15) is 17.5 Å². The molecule has 13 heteroatoms. The number of hydrogen-bond donors (Lipinski definition) is 0. The molecule has 1 saturated heterocycles. The molecule has 40 heavy (non-hydrogen) atoms. The lowest BCUT2D eigenvalue weighted by Crippen LogP contribution is -2.50. The van der Waals surface area contributed by atoms with E-state index in [9.17, 15) is 36.5 Å². The Labute approximate surface area is 231 Å². The van der Waals surface area contributed by atoms with E-state index < -0.39 is 43.4 Å². The van der Waals surface area contributed by atoms with Crippen LogP contribution in [0.5, 0.6) is 0 Å². The molecule has 2 heterocycles. The van der Waals surface area contributed by atoms with Crippen molar-refractivity contribution in [1.82, 2.24) is 4.31 Å². The molecule has 2 aliphatic rings. The van der Waals surface area contributed by atoms with Crippen molar-refractivity contribution in [3.63, 3.8) is 0 Å². The fourth-order valence-electron chi connectivity index (χ4n) is 5.36. The Morgan fingerprint density at radius 2 is 1.77 bits per heavy atom. The fraction of sp³-hybridized carbons (Fsp3) is 0.519. The summed E-state index contributed by atoms with van der Waals surface area (Å²) in [5, 5.41) is 11.5. The third-order valence-electron chi connectivity index (χ3n) is 7.43. The van der Waals surface area contributed by atoms with Crippen LogP contribution in [0, 0.1) is 10.1 Å². The van der Waals surface area contributed by atoms with E-state index in [0.29, 0.717) is 12.1 Å². The van der Waals surface area contributed by atoms with Gasteiger partial charge in [0.15, 0.2) is 4.90 Å². The molecule has 0 saturated carbocycles. The predicted octanol–water partition coefficient (Wildman–Crippen LogP) is 6.44. The van der Waals surface area contributed by atoms with Crippen LogP contribution >= 0.6 is 0 Å². The summed E-state index contributed by atoms with van der Waals surface area (Å²) in [5.41, 5.74) is 0.269. The Bertz CT molecular complexity index is 1360. The van der Waals surface area contributed by atoms with E-state index in [-0.39, 0.29) is 44.6 Å². The van der Waals surface area contributed by atoms with Crippen molar-refractivity contribution < 1.29 is 36.0 Å². The highest BCUT2D eigenvalue weighted by Crippen LogP contribution is 2.38. The second-order valence-electron chi connectivity index (χ2n) is 10.1. The highest BCUT2D eigenvalue weighted by atomic mass is 32.2. The summed E-state index contributed by atoms with van der Waals surface area (Å²) >= 11 is 0. The molecule has 0 aliphatic carbocycles. The number of nitro groups is 1. The van der Waals surface area contributed by atoms with Crippen molar-refractivity contribution in [3.8, 4) is 0 Å². The number of anilines is 1. The standard InChI is InChI=1S/C27H32F3N3O6S/c1-2-3-4-5-6-8-19-9-7-10-20-18-39-26(34)32(25(19)20)22-13-15-31(16-14-22)40(37,38)24-12-11-21(27(28,29)30)17-23(24)33(35)36/h7,9-12,17,22H,2-6,8,13-16,18H2,1H3. The van der Waals surface area contributed by atoms with E-state index >= 15 is 0 Å². The average molecular weight is 584 g/mol. The molecule has 0 N–H and O–H groups in total. The number of piperidine rings is 1. The Morgan fingerprint density at radius 1 is 1.07 bits per heavy atom. The minimum atomic E-state index is -4.86. The van der Waals surface area contributed by atoms with Crippen LogP contribution in [-0.2, 0) is 34.0 Å². The van der Waals surface area contributed by atoms with Gasteiger partial charge in [-0.05, 0) is 43.4 Å². The number of hydrogen-bond acceptors (Lipinski definition) is 6. The van der Waals surface area contributed by atoms with Gasteiger partial charge in [0.05, 0.1) is 16.2 Å². The number of nitro benzene ring substituents is 1. The van der Waals surface area contributed by atoms with Crippen LogP contribution in [0.1, 0.15) is 68.6 Å². The van der Waals surface area contributed by atoms with E-state index in [2.05, 4.69) is 6.92 Å². The van der Waals surface area contributed by atoms with Crippen LogP contribution < -0.4 is 4.90 Å². The Hall–Kier alpha value is -3.19. The number of benzene rings is 2. The molecule has 2 aliphatic heterocycles. The van der Waals surface area contributed by atoms with Crippen LogP contribution in [0.2, 0.25) is 0 Å². The van der Waals surface area contributed by atoms with Crippen LogP contribution in [0.25, 0.3) is 0 Å². The first-order valence-electron chi connectivity index (χ1n) is 13.4. The lowest BCUT2D eigenvalue weighted by atomic mass is 9.96. The molecule has 0 spiro atoms. The third kappa shape index (κ3) is 6.25. The zero-order valence-electron chi connectivity index (χ0n) is 22.2. The lowest BCUT2D eigenvalue weighted by molar-refractivity contribution is -0.388. The highest BCUT2D eigenvalue weighted by Gasteiger charge is 2.41. The molecule has 0 bridgehead atoms. The van der Waals surface area contributed by atoms with Crippen LogP contribution in [0.4, 0.5) is 29.3 Å². The maximum Gasteiger partial charge on any atom is 0.416 e. The van der Waals surface area contributed by atoms with Gasteiger partial charge in [0.2, 0.25) is 10.0 Å². The van der Waals surface area contributed by atoms with Gasteiger partial charge in [0, 0.05) is 30.8 Å². The van der Waals surface area contributed by atoms with E-state index in [1.165, 1.54) is 6.42 Å². The molecular formula is C27H32F3N3O6S. The zero-order valence-corrected chi connectivity index (χ0v) is 23.0. The molecular weight excluding hydrogens is 551 g/mol. The summed E-state index contributed by atoms with van der Waals surface area (Å²) in [6, 6.07) is 6.85. The van der Waals surface area contributed by atoms with Crippen LogP contribution in [0.3, 0.4) is 0 Å². The Morgan fingerprint density at radius 3 is 2.42 bits per heavy atom. The van der Waals surface area contributed by atoms with E-state index in [1.807, 2.05) is 18.2 Å². The number of alkyl halides is 3. The highest BCUT2D eigenvalue weighted by molar-refractivity contribution is 7.89. The number of carbonyl (C=O) groups is 1. The number of rotatable bonds is 10. The van der Waals surface area contributed by atoms with Gasteiger partial charge in [-0.1, -0.05) is 50.8 Å². The first kappa shape index (κ1) is 29.8. The number of cyclic esters (lactones) is 1. The van der Waals surface area contributed by atoms with E-state index in [0.717, 1.165) is 53.2 Å². The fourth-order valence-corrected chi connectivity index (χ4v) is 6.96. The van der Waals surface area contributed by atoms with Crippen molar-refractivity contribution >= 4 is 27.5 Å². The first-order valence-corrected chi connectivity index (χ1v) is 14.8. The molecule has 9 nitrogen and oxygen atoms in total. The monoisotopic (exact) mass is 583 g/mol. The van der Waals surface area contributed by atoms with Gasteiger partial charge in [-0.25, -0.2) is 13.2 Å². The number of fused-ring (bicyclic) bond motifs is 1. The van der Waals surface area contributed by atoms with Crippen molar-refractivity contribution in [3.05, 3.63) is 63.2 Å². The molecule has 1 amide bonds. The summed E-state index contributed by atoms with van der Waals surface area (Å²) in [7, 11) is -4.47. The maximum absolute atomic E-state index is 13.3. The Balaban J connectivity index is 1.53. The summed E-state index contributed by atoms with van der Waals surface area (Å²) in [5.74, 6) is 0. The second-order valence-corrected chi connectivity index (χ2v) is 12.0. The van der Waals surface area contributed by atoms with Gasteiger partial charge in [-0.15, -0.1) is 0 Å². The molecule has 4 rings (SSSR count). The van der Waals surface area contributed by atoms with Gasteiger partial charge in [-0.3, -0.25) is 15.0 Å². The average Bonchev–Trinajstić information content (AvgIpc) is 2.92. The van der Waals surface area contributed by atoms with E-state index in [4.69, 9.17) is 4.74 Å². The first-order chi connectivity index (χ1) is 18.9. The summed E-state index contributed by atoms with van der Waals surface area (Å²) in [6.45, 7) is 2.17. The van der Waals surface area contributed by atoms with Crippen molar-refractivity contribution in [2.24, 2.45) is 0 Å². The number of para-hydroxylation sites is 1. The number of amides is 1. The minimum absolute atomic E-state index is 0.0660. The number of aryl methyl sites for hydroxylation is 1. The predicted molar refractivity (Wildman–Crippen MR) is 141 cm³/mol. The molecule has 0 aromatic heterocycles. The summed E-state index contributed by atoms with van der Waals surface area (Å²) < 4.78 is 72.3. The summed E-state index contributed by atoms with van der Waals surface area (Å²) in [4.78, 5) is 24.1. The number of sulfonamides is 1. The molecule has 218 valence electrons. The topological polar surface area (TPSA) is 110 Å². The molecule has 0 atom stereocenters. The molecule has 0 radical (unpaired) electrons. The quantitative estimate of drug-likeness (QED) is 0.181. The van der Waals surface area contributed by atoms with Crippen LogP contribution in [-0.4, -0.2) is 42.9 Å². The van der Waals surface area contributed by atoms with Gasteiger partial charge >= 0.3 is 12.3 Å². The SMILES string of the molecule is CCCCCCCc1cccc2c1N(C1CCN(S(=O)(=O)c3ccc(C(F)(F)F)cc3[N+](=O)[O-])CC1)C(=O)OC2.